The molecule has 0 aliphatic heterocycles. The number of hydrogen-bond donors (Lipinski definition) is 1. The van der Waals surface area contributed by atoms with Gasteiger partial charge in [-0.2, -0.15) is 0 Å². The van der Waals surface area contributed by atoms with Crippen molar-refractivity contribution in [1.82, 2.24) is 0 Å². The van der Waals surface area contributed by atoms with Gasteiger partial charge < -0.3 is 9.22 Å². The lowest BCUT2D eigenvalue weighted by atomic mass is 10.5. The van der Waals surface area contributed by atoms with Crippen LogP contribution in [0.2, 0.25) is 11.1 Å². The predicted molar refractivity (Wildman–Crippen MR) is 49.8 cm³/mol. The molecule has 0 saturated carbocycles. The largest absolute Gasteiger partial charge is 0.410 e. The summed E-state index contributed by atoms with van der Waals surface area (Å²) in [7, 11) is -2.40. The minimum absolute atomic E-state index is 0.280. The maximum atomic E-state index is 10.1. The Balaban J connectivity index is 4.26. The fourth-order valence-corrected chi connectivity index (χ4v) is 3.69. The van der Waals surface area contributed by atoms with Crippen LogP contribution in [0.15, 0.2) is 0 Å². The van der Waals surface area contributed by atoms with E-state index in [1.54, 1.807) is 0 Å². The summed E-state index contributed by atoms with van der Waals surface area (Å²) in [5, 5.41) is 0. The Morgan fingerprint density at radius 2 is 1.55 bits per heavy atom. The Labute approximate surface area is 70.8 Å². The van der Waals surface area contributed by atoms with Crippen LogP contribution in [0.25, 0.3) is 0 Å². The average Bonchev–Trinajstić information content (AvgIpc) is 1.87. The van der Waals surface area contributed by atoms with Crippen LogP contribution in [-0.2, 0) is 4.43 Å². The summed E-state index contributed by atoms with van der Waals surface area (Å²) >= 11 is 0. The van der Waals surface area contributed by atoms with Crippen molar-refractivity contribution in [3.05, 3.63) is 0 Å². The van der Waals surface area contributed by atoms with E-state index in [9.17, 15) is 4.80 Å². The van der Waals surface area contributed by atoms with Crippen LogP contribution >= 0.6 is 0 Å². The van der Waals surface area contributed by atoms with E-state index in [1.165, 1.54) is 0 Å². The van der Waals surface area contributed by atoms with Gasteiger partial charge in [0.15, 0.2) is 0 Å². The zero-order valence-corrected chi connectivity index (χ0v) is 9.22. The average molecular weight is 176 g/mol. The quantitative estimate of drug-likeness (QED) is 0.666. The lowest BCUT2D eigenvalue weighted by molar-refractivity contribution is 0.224. The van der Waals surface area contributed by atoms with Crippen molar-refractivity contribution in [2.45, 2.75) is 45.7 Å². The molecule has 0 atom stereocenters. The monoisotopic (exact) mass is 176 g/mol. The molecule has 0 saturated heterocycles. The van der Waals surface area contributed by atoms with Crippen molar-refractivity contribution in [3.8, 4) is 0 Å². The Morgan fingerprint density at radius 1 is 1.18 bits per heavy atom. The van der Waals surface area contributed by atoms with Crippen LogP contribution in [0.5, 0.6) is 0 Å². The van der Waals surface area contributed by atoms with Gasteiger partial charge in [0, 0.05) is 6.61 Å². The molecular weight excluding hydrogens is 156 g/mol. The topological polar surface area (TPSA) is 29.5 Å². The first-order valence-electron chi connectivity index (χ1n) is 4.31. The summed E-state index contributed by atoms with van der Waals surface area (Å²) in [5.41, 5.74) is 0.560. The second-order valence-corrected chi connectivity index (χ2v) is 7.60. The van der Waals surface area contributed by atoms with E-state index in [2.05, 4.69) is 0 Å². The van der Waals surface area contributed by atoms with Gasteiger partial charge in [-0.3, -0.25) is 0 Å². The molecule has 0 amide bonds. The van der Waals surface area contributed by atoms with Gasteiger partial charge in [-0.05, 0) is 18.0 Å². The van der Waals surface area contributed by atoms with Crippen molar-refractivity contribution in [1.29, 1.82) is 0 Å². The summed E-state index contributed by atoms with van der Waals surface area (Å²) < 4.78 is 5.45. The lowest BCUT2D eigenvalue weighted by Crippen LogP contribution is -2.45. The van der Waals surface area contributed by atoms with Crippen LogP contribution in [0.4, 0.5) is 0 Å². The zero-order valence-electron chi connectivity index (χ0n) is 8.22. The zero-order chi connectivity index (χ0) is 9.07. The van der Waals surface area contributed by atoms with Crippen molar-refractivity contribution < 1.29 is 9.22 Å². The van der Waals surface area contributed by atoms with Crippen LogP contribution in [0.1, 0.15) is 34.6 Å². The highest BCUT2D eigenvalue weighted by Crippen LogP contribution is 2.30. The van der Waals surface area contributed by atoms with Crippen LogP contribution in [0, 0.1) is 0 Å². The summed E-state index contributed by atoms with van der Waals surface area (Å²) in [5.74, 6) is 0. The molecule has 0 aromatic rings. The van der Waals surface area contributed by atoms with Gasteiger partial charge in [0.2, 0.25) is 0 Å². The first kappa shape index (κ1) is 11.1. The fourth-order valence-electron chi connectivity index (χ4n) is 1.23. The second-order valence-electron chi connectivity index (χ2n) is 3.49. The molecule has 0 spiro atoms. The molecule has 2 nitrogen and oxygen atoms in total. The first-order chi connectivity index (χ1) is 4.95. The molecule has 0 bridgehead atoms. The van der Waals surface area contributed by atoms with Gasteiger partial charge in [-0.15, -0.1) is 0 Å². The first-order valence-corrected chi connectivity index (χ1v) is 6.32. The van der Waals surface area contributed by atoms with E-state index >= 15 is 0 Å². The van der Waals surface area contributed by atoms with Crippen molar-refractivity contribution >= 4 is 8.56 Å². The third-order valence-electron chi connectivity index (χ3n) is 2.03. The lowest BCUT2D eigenvalue weighted by Gasteiger charge is -2.31. The maximum Gasteiger partial charge on any atom is 0.340 e. The molecule has 0 fully saturated rings. The van der Waals surface area contributed by atoms with Gasteiger partial charge in [0.05, 0.1) is 0 Å². The minimum Gasteiger partial charge on any atom is -0.410 e. The second kappa shape index (κ2) is 4.23. The minimum atomic E-state index is -2.40. The molecule has 0 aromatic heterocycles. The molecular formula is C8H20O2Si. The number of hydrogen-bond acceptors (Lipinski definition) is 2. The Kier molecular flexibility index (Phi) is 4.29. The molecule has 3 heteroatoms. The third kappa shape index (κ3) is 2.58. The van der Waals surface area contributed by atoms with Gasteiger partial charge in [0.25, 0.3) is 0 Å². The number of rotatable bonds is 4. The van der Waals surface area contributed by atoms with Crippen molar-refractivity contribution in [3.63, 3.8) is 0 Å². The maximum absolute atomic E-state index is 10.1. The molecule has 0 aliphatic carbocycles. The highest BCUT2D eigenvalue weighted by atomic mass is 28.4. The summed E-state index contributed by atoms with van der Waals surface area (Å²) in [4.78, 5) is 10.1. The van der Waals surface area contributed by atoms with Crippen LogP contribution in [-0.4, -0.2) is 20.0 Å². The van der Waals surface area contributed by atoms with Gasteiger partial charge in [-0.1, -0.05) is 27.7 Å². The van der Waals surface area contributed by atoms with Crippen molar-refractivity contribution in [2.75, 3.05) is 6.61 Å². The molecule has 0 unspecified atom stereocenters. The molecule has 0 heterocycles. The molecule has 0 radical (unpaired) electrons. The summed E-state index contributed by atoms with van der Waals surface area (Å²) in [6, 6.07) is 0. The molecule has 68 valence electrons. The Bertz CT molecular complexity index is 105. The Hall–Kier alpha value is 0.137. The molecule has 0 aromatic carbocycles. The molecule has 0 rings (SSSR count). The smallest absolute Gasteiger partial charge is 0.340 e. The van der Waals surface area contributed by atoms with Gasteiger partial charge in [-0.25, -0.2) is 0 Å². The van der Waals surface area contributed by atoms with Crippen molar-refractivity contribution in [2.24, 2.45) is 0 Å². The van der Waals surface area contributed by atoms with Gasteiger partial charge >= 0.3 is 8.56 Å². The molecule has 11 heavy (non-hydrogen) atoms. The van der Waals surface area contributed by atoms with E-state index in [0.29, 0.717) is 6.61 Å². The van der Waals surface area contributed by atoms with Gasteiger partial charge in [0.1, 0.15) is 0 Å². The van der Waals surface area contributed by atoms with Crippen LogP contribution < -0.4 is 0 Å². The highest BCUT2D eigenvalue weighted by Gasteiger charge is 2.40. The standard InChI is InChI=1S/C8H20O2Si/c1-6-10-11(9,7(2)3)8(4)5/h7-9H,6H2,1-5H3. The van der Waals surface area contributed by atoms with E-state index < -0.39 is 8.56 Å². The Morgan fingerprint density at radius 3 is 1.64 bits per heavy atom. The summed E-state index contributed by atoms with van der Waals surface area (Å²) in [6.07, 6.45) is 0. The van der Waals surface area contributed by atoms with E-state index in [-0.39, 0.29) is 11.1 Å². The molecule has 1 N–H and O–H groups in total. The SMILES string of the molecule is CCO[Si](O)(C(C)C)C(C)C. The summed E-state index contributed by atoms with van der Waals surface area (Å²) in [6.45, 7) is 10.7. The molecule has 0 aliphatic rings. The fraction of sp³-hybridized carbons (Fsp3) is 1.00. The normalized spacial score (nSPS) is 13.1. The van der Waals surface area contributed by atoms with E-state index in [0.717, 1.165) is 0 Å². The van der Waals surface area contributed by atoms with E-state index in [1.807, 2.05) is 34.6 Å². The predicted octanol–water partition coefficient (Wildman–Crippen LogP) is 2.28. The van der Waals surface area contributed by atoms with E-state index in [4.69, 9.17) is 4.43 Å². The van der Waals surface area contributed by atoms with Crippen LogP contribution in [0.3, 0.4) is 0 Å². The highest BCUT2D eigenvalue weighted by molar-refractivity contribution is 6.68. The third-order valence-corrected chi connectivity index (χ3v) is 6.09.